The summed E-state index contributed by atoms with van der Waals surface area (Å²) >= 11 is 5.21. The molecule has 1 aliphatic rings. The highest BCUT2D eigenvalue weighted by Gasteiger charge is 2.46. The maximum Gasteiger partial charge on any atom is 0.308 e. The van der Waals surface area contributed by atoms with Crippen LogP contribution < -0.4 is 0 Å². The Morgan fingerprint density at radius 1 is 1.53 bits per heavy atom. The van der Waals surface area contributed by atoms with Crippen molar-refractivity contribution in [2.45, 2.75) is 11.0 Å². The number of carbonyl (C=O) groups is 1. The number of rotatable bonds is 3. The zero-order valence-corrected chi connectivity index (χ0v) is 10.8. The highest BCUT2D eigenvalue weighted by Crippen LogP contribution is 2.57. The van der Waals surface area contributed by atoms with Gasteiger partial charge < -0.3 is 5.11 Å². The molecule has 82 valence electrons. The lowest BCUT2D eigenvalue weighted by Gasteiger charge is -2.30. The second kappa shape index (κ2) is 4.39. The number of aliphatic carboxylic acids is 1. The summed E-state index contributed by atoms with van der Waals surface area (Å²) in [5.41, 5.74) is 0. The third-order valence-electron chi connectivity index (χ3n) is 2.52. The van der Waals surface area contributed by atoms with Crippen LogP contribution in [0, 0.1) is 5.92 Å². The normalized spacial score (nSPS) is 21.4. The molecule has 2 heterocycles. The number of thioether (sulfide) groups is 2. The molecule has 0 spiro atoms. The summed E-state index contributed by atoms with van der Waals surface area (Å²) in [7, 11) is 0. The predicted molar refractivity (Wildman–Crippen MR) is 67.7 cm³/mol. The molecule has 0 aromatic carbocycles. The summed E-state index contributed by atoms with van der Waals surface area (Å²) in [5, 5.41) is 11.2. The first-order valence-corrected chi connectivity index (χ1v) is 7.56. The van der Waals surface area contributed by atoms with Crippen LogP contribution in [-0.2, 0) is 8.87 Å². The monoisotopic (exact) mass is 260 g/mol. The minimum Gasteiger partial charge on any atom is -0.481 e. The Morgan fingerprint density at radius 3 is 2.67 bits per heavy atom. The van der Waals surface area contributed by atoms with Crippen molar-refractivity contribution in [3.8, 4) is 0 Å². The molecule has 2 rings (SSSR count). The Kier molecular flexibility index (Phi) is 3.33. The van der Waals surface area contributed by atoms with Gasteiger partial charge in [0.25, 0.3) is 0 Å². The Hall–Kier alpha value is -0.130. The molecule has 0 saturated carbocycles. The van der Waals surface area contributed by atoms with Crippen molar-refractivity contribution in [1.29, 1.82) is 0 Å². The second-order valence-corrected chi connectivity index (χ2v) is 7.29. The summed E-state index contributed by atoms with van der Waals surface area (Å²) in [6, 6.07) is 4.05. The van der Waals surface area contributed by atoms with Gasteiger partial charge in [0.1, 0.15) is 4.08 Å². The SMILES string of the molecule is CC(C(=O)O)C1(c2cccs2)SCCS1. The van der Waals surface area contributed by atoms with Gasteiger partial charge in [-0.15, -0.1) is 34.9 Å². The fourth-order valence-corrected chi connectivity index (χ4v) is 6.35. The van der Waals surface area contributed by atoms with E-state index in [0.29, 0.717) is 0 Å². The zero-order valence-electron chi connectivity index (χ0n) is 8.30. The molecular weight excluding hydrogens is 248 g/mol. The average molecular weight is 260 g/mol. The first-order valence-electron chi connectivity index (χ1n) is 4.71. The van der Waals surface area contributed by atoms with Gasteiger partial charge in [0.05, 0.1) is 5.92 Å². The average Bonchev–Trinajstić information content (AvgIpc) is 2.87. The summed E-state index contributed by atoms with van der Waals surface area (Å²) < 4.78 is -0.250. The number of thiophene rings is 1. The lowest BCUT2D eigenvalue weighted by atomic mass is 10.1. The van der Waals surface area contributed by atoms with E-state index in [1.807, 2.05) is 18.4 Å². The van der Waals surface area contributed by atoms with E-state index in [1.54, 1.807) is 34.9 Å². The Morgan fingerprint density at radius 2 is 2.20 bits per heavy atom. The van der Waals surface area contributed by atoms with Crippen molar-refractivity contribution >= 4 is 40.8 Å². The van der Waals surface area contributed by atoms with Crippen molar-refractivity contribution in [1.82, 2.24) is 0 Å². The lowest BCUT2D eigenvalue weighted by Crippen LogP contribution is -2.29. The van der Waals surface area contributed by atoms with Gasteiger partial charge in [0.15, 0.2) is 0 Å². The second-order valence-electron chi connectivity index (χ2n) is 3.40. The lowest BCUT2D eigenvalue weighted by molar-refractivity contribution is -0.141. The van der Waals surface area contributed by atoms with E-state index in [0.717, 1.165) is 11.5 Å². The molecule has 1 aliphatic heterocycles. The largest absolute Gasteiger partial charge is 0.481 e. The maximum absolute atomic E-state index is 11.2. The van der Waals surface area contributed by atoms with Gasteiger partial charge >= 0.3 is 5.97 Å². The van der Waals surface area contributed by atoms with Gasteiger partial charge in [-0.2, -0.15) is 0 Å². The molecule has 5 heteroatoms. The standard InChI is InChI=1S/C10H12O2S3/c1-7(9(11)12)10(14-5-6-15-10)8-3-2-4-13-8/h2-4,7H,5-6H2,1H3,(H,11,12). The Bertz CT molecular complexity index is 342. The molecular formula is C10H12O2S3. The Labute approximate surface area is 101 Å². The number of carboxylic acids is 1. The maximum atomic E-state index is 11.2. The van der Waals surface area contributed by atoms with Gasteiger partial charge in [-0.05, 0) is 18.4 Å². The van der Waals surface area contributed by atoms with Crippen LogP contribution in [0.15, 0.2) is 17.5 Å². The minimum absolute atomic E-state index is 0.250. The molecule has 0 amide bonds. The van der Waals surface area contributed by atoms with E-state index in [9.17, 15) is 9.90 Å². The summed E-state index contributed by atoms with van der Waals surface area (Å²) in [4.78, 5) is 12.3. The van der Waals surface area contributed by atoms with Gasteiger partial charge in [0.2, 0.25) is 0 Å². The van der Waals surface area contributed by atoms with Crippen LogP contribution >= 0.6 is 34.9 Å². The predicted octanol–water partition coefficient (Wildman–Crippen LogP) is 3.10. The van der Waals surface area contributed by atoms with Gasteiger partial charge in [-0.1, -0.05) is 6.07 Å². The molecule has 1 N–H and O–H groups in total. The van der Waals surface area contributed by atoms with E-state index >= 15 is 0 Å². The van der Waals surface area contributed by atoms with E-state index in [2.05, 4.69) is 6.07 Å². The highest BCUT2D eigenvalue weighted by atomic mass is 32.2. The van der Waals surface area contributed by atoms with Crippen molar-refractivity contribution in [3.05, 3.63) is 22.4 Å². The van der Waals surface area contributed by atoms with Crippen LogP contribution in [0.1, 0.15) is 11.8 Å². The molecule has 1 unspecified atom stereocenters. The third-order valence-corrected chi connectivity index (χ3v) is 7.57. The van der Waals surface area contributed by atoms with Crippen LogP contribution in [0.5, 0.6) is 0 Å². The molecule has 1 saturated heterocycles. The van der Waals surface area contributed by atoms with Gasteiger partial charge in [-0.3, -0.25) is 4.79 Å². The summed E-state index contributed by atoms with van der Waals surface area (Å²) in [6.45, 7) is 1.81. The van der Waals surface area contributed by atoms with Crippen LogP contribution in [0.25, 0.3) is 0 Å². The molecule has 0 bridgehead atoms. The fraction of sp³-hybridized carbons (Fsp3) is 0.500. The van der Waals surface area contributed by atoms with Crippen LogP contribution in [0.2, 0.25) is 0 Å². The summed E-state index contributed by atoms with van der Waals surface area (Å²) in [5.74, 6) is 1.04. The quantitative estimate of drug-likeness (QED) is 0.906. The molecule has 2 nitrogen and oxygen atoms in total. The van der Waals surface area contributed by atoms with Crippen LogP contribution in [0.4, 0.5) is 0 Å². The molecule has 1 aromatic heterocycles. The van der Waals surface area contributed by atoms with Crippen molar-refractivity contribution in [2.75, 3.05) is 11.5 Å². The molecule has 0 radical (unpaired) electrons. The zero-order chi connectivity index (χ0) is 10.9. The molecule has 0 aliphatic carbocycles. The molecule has 1 aromatic rings. The number of hydrogen-bond donors (Lipinski definition) is 1. The van der Waals surface area contributed by atoms with Crippen molar-refractivity contribution in [2.24, 2.45) is 5.92 Å². The van der Waals surface area contributed by atoms with E-state index in [1.165, 1.54) is 4.88 Å². The first kappa shape index (κ1) is 11.4. The summed E-state index contributed by atoms with van der Waals surface area (Å²) in [6.07, 6.45) is 0. The van der Waals surface area contributed by atoms with Gasteiger partial charge in [0, 0.05) is 16.4 Å². The van der Waals surface area contributed by atoms with Crippen LogP contribution in [-0.4, -0.2) is 22.6 Å². The van der Waals surface area contributed by atoms with E-state index in [4.69, 9.17) is 0 Å². The molecule has 1 fully saturated rings. The third kappa shape index (κ3) is 1.92. The topological polar surface area (TPSA) is 37.3 Å². The van der Waals surface area contributed by atoms with E-state index < -0.39 is 5.97 Å². The van der Waals surface area contributed by atoms with E-state index in [-0.39, 0.29) is 10.00 Å². The number of carboxylic acid groups (broad SMARTS) is 1. The molecule has 15 heavy (non-hydrogen) atoms. The fourth-order valence-electron chi connectivity index (χ4n) is 1.67. The number of hydrogen-bond acceptors (Lipinski definition) is 4. The van der Waals surface area contributed by atoms with Gasteiger partial charge in [-0.25, -0.2) is 0 Å². The smallest absolute Gasteiger partial charge is 0.308 e. The van der Waals surface area contributed by atoms with Crippen molar-refractivity contribution < 1.29 is 9.90 Å². The minimum atomic E-state index is -0.703. The Balaban J connectivity index is 2.36. The highest BCUT2D eigenvalue weighted by molar-refractivity contribution is 8.20. The molecule has 1 atom stereocenters. The first-order chi connectivity index (χ1) is 7.17. The van der Waals surface area contributed by atoms with Crippen LogP contribution in [0.3, 0.4) is 0 Å². The van der Waals surface area contributed by atoms with Crippen molar-refractivity contribution in [3.63, 3.8) is 0 Å².